The van der Waals surface area contributed by atoms with Crippen molar-refractivity contribution < 1.29 is 14.4 Å². The molecule has 6 heteroatoms. The number of nitrogens with zero attached hydrogens (tertiary/aromatic N) is 2. The normalized spacial score (nSPS) is 26.9. The summed E-state index contributed by atoms with van der Waals surface area (Å²) in [7, 11) is 0. The van der Waals surface area contributed by atoms with Gasteiger partial charge in [0.1, 0.15) is 0 Å². The Labute approximate surface area is 138 Å². The Morgan fingerprint density at radius 2 is 2.04 bits per heavy atom. The number of nitrogens with one attached hydrogen (secondary N) is 1. The van der Waals surface area contributed by atoms with Crippen LogP contribution >= 0.6 is 0 Å². The van der Waals surface area contributed by atoms with Crippen LogP contribution in [0.25, 0.3) is 0 Å². The molecule has 3 aliphatic rings. The maximum absolute atomic E-state index is 12.1. The second kappa shape index (κ2) is 8.11. The predicted molar refractivity (Wildman–Crippen MR) is 86.5 cm³/mol. The van der Waals surface area contributed by atoms with Gasteiger partial charge in [-0.25, -0.2) is 0 Å². The van der Waals surface area contributed by atoms with Gasteiger partial charge in [0, 0.05) is 51.0 Å². The molecule has 0 bridgehead atoms. The molecule has 3 rings (SSSR count). The molecule has 2 heterocycles. The Morgan fingerprint density at radius 3 is 2.78 bits per heavy atom. The summed E-state index contributed by atoms with van der Waals surface area (Å²) in [5, 5.41) is 4.89. The minimum Gasteiger partial charge on any atom is -0.356 e. The topological polar surface area (TPSA) is 61.9 Å². The fraction of sp³-hybridized carbons (Fsp3) is 0.882. The molecule has 1 aliphatic carbocycles. The molecule has 23 heavy (non-hydrogen) atoms. The summed E-state index contributed by atoms with van der Waals surface area (Å²) in [6, 6.07) is 0.458. The molecule has 1 N–H and O–H groups in total. The van der Waals surface area contributed by atoms with Crippen LogP contribution in [0.3, 0.4) is 0 Å². The first kappa shape index (κ1) is 16.7. The predicted octanol–water partition coefficient (Wildman–Crippen LogP) is 1.31. The molecule has 2 saturated heterocycles. The number of likely N-dealkylation sites (tertiary alicyclic amines) is 1. The van der Waals surface area contributed by atoms with Crippen molar-refractivity contribution in [1.82, 2.24) is 15.3 Å². The van der Waals surface area contributed by atoms with E-state index in [1.54, 1.807) is 0 Å². The molecule has 2 amide bonds. The summed E-state index contributed by atoms with van der Waals surface area (Å²) in [6.45, 7) is 3.78. The van der Waals surface area contributed by atoms with Gasteiger partial charge in [-0.05, 0) is 25.7 Å². The molecule has 0 aromatic heterocycles. The van der Waals surface area contributed by atoms with Gasteiger partial charge in [0.05, 0.1) is 6.61 Å². The summed E-state index contributed by atoms with van der Waals surface area (Å²) in [4.78, 5) is 31.7. The lowest BCUT2D eigenvalue weighted by molar-refractivity contribution is -0.181. The number of carbonyl (C=O) groups is 2. The molecule has 2 aliphatic heterocycles. The summed E-state index contributed by atoms with van der Waals surface area (Å²) in [5.74, 6) is 0.613. The number of hydrogen-bond donors (Lipinski definition) is 1. The van der Waals surface area contributed by atoms with Gasteiger partial charge in [0.25, 0.3) is 0 Å². The zero-order valence-corrected chi connectivity index (χ0v) is 14.0. The highest BCUT2D eigenvalue weighted by atomic mass is 16.7. The van der Waals surface area contributed by atoms with Gasteiger partial charge in [-0.3, -0.25) is 14.4 Å². The standard InChI is InChI=1S/C17H29N3O3/c21-16(7-9-19-8-3-4-10-23-19)18-12-14-11-17(22)20(13-14)15-5-1-2-6-15/h14-15H,1-13H2,(H,18,21). The van der Waals surface area contributed by atoms with Crippen molar-refractivity contribution in [2.45, 2.75) is 57.4 Å². The Kier molecular flexibility index (Phi) is 5.89. The molecular formula is C17H29N3O3. The van der Waals surface area contributed by atoms with E-state index in [2.05, 4.69) is 10.2 Å². The van der Waals surface area contributed by atoms with Crippen LogP contribution in [-0.2, 0) is 14.4 Å². The second-order valence-electron chi connectivity index (χ2n) is 7.08. The fourth-order valence-electron chi connectivity index (χ4n) is 3.91. The van der Waals surface area contributed by atoms with Crippen LogP contribution in [0.1, 0.15) is 51.4 Å². The van der Waals surface area contributed by atoms with E-state index in [1.165, 1.54) is 12.8 Å². The molecule has 3 fully saturated rings. The molecule has 6 nitrogen and oxygen atoms in total. The summed E-state index contributed by atoms with van der Waals surface area (Å²) in [5.41, 5.74) is 0. The van der Waals surface area contributed by atoms with Gasteiger partial charge in [0.15, 0.2) is 0 Å². The molecule has 0 spiro atoms. The van der Waals surface area contributed by atoms with Crippen molar-refractivity contribution in [2.75, 3.05) is 32.8 Å². The Hall–Kier alpha value is -1.14. The van der Waals surface area contributed by atoms with Gasteiger partial charge < -0.3 is 10.2 Å². The zero-order chi connectivity index (χ0) is 16.1. The van der Waals surface area contributed by atoms with E-state index >= 15 is 0 Å². The Balaban J connectivity index is 1.33. The first-order valence-electron chi connectivity index (χ1n) is 9.16. The van der Waals surface area contributed by atoms with Crippen molar-refractivity contribution in [2.24, 2.45) is 5.92 Å². The lowest BCUT2D eigenvalue weighted by Crippen LogP contribution is -2.37. The smallest absolute Gasteiger partial charge is 0.223 e. The van der Waals surface area contributed by atoms with E-state index in [0.29, 0.717) is 32.0 Å². The molecule has 0 aromatic carbocycles. The summed E-state index contributed by atoms with van der Waals surface area (Å²) >= 11 is 0. The lowest BCUT2D eigenvalue weighted by Gasteiger charge is -2.25. The third-order valence-electron chi connectivity index (χ3n) is 5.26. The maximum Gasteiger partial charge on any atom is 0.223 e. The molecule has 1 saturated carbocycles. The van der Waals surface area contributed by atoms with Gasteiger partial charge >= 0.3 is 0 Å². The van der Waals surface area contributed by atoms with Crippen molar-refractivity contribution in [3.05, 3.63) is 0 Å². The van der Waals surface area contributed by atoms with Crippen LogP contribution in [-0.4, -0.2) is 60.6 Å². The molecule has 0 radical (unpaired) electrons. The number of amides is 2. The first-order chi connectivity index (χ1) is 11.2. The van der Waals surface area contributed by atoms with E-state index < -0.39 is 0 Å². The van der Waals surface area contributed by atoms with Crippen LogP contribution in [0.5, 0.6) is 0 Å². The number of hydroxylamine groups is 2. The van der Waals surface area contributed by atoms with Gasteiger partial charge in [-0.2, -0.15) is 5.06 Å². The molecule has 130 valence electrons. The quantitative estimate of drug-likeness (QED) is 0.801. The molecule has 0 aromatic rings. The highest BCUT2D eigenvalue weighted by Gasteiger charge is 2.35. The summed E-state index contributed by atoms with van der Waals surface area (Å²) in [6.07, 6.45) is 8.10. The van der Waals surface area contributed by atoms with Crippen LogP contribution in [0.15, 0.2) is 0 Å². The van der Waals surface area contributed by atoms with Crippen LogP contribution in [0.4, 0.5) is 0 Å². The van der Waals surface area contributed by atoms with Gasteiger partial charge in [-0.1, -0.05) is 12.8 Å². The van der Waals surface area contributed by atoms with E-state index in [4.69, 9.17) is 4.84 Å². The average molecular weight is 323 g/mol. The van der Waals surface area contributed by atoms with Crippen molar-refractivity contribution in [1.29, 1.82) is 0 Å². The third kappa shape index (κ3) is 4.67. The maximum atomic E-state index is 12.1. The monoisotopic (exact) mass is 323 g/mol. The molecule has 1 atom stereocenters. The first-order valence-corrected chi connectivity index (χ1v) is 9.16. The Morgan fingerprint density at radius 1 is 1.22 bits per heavy atom. The van der Waals surface area contributed by atoms with E-state index in [0.717, 1.165) is 45.4 Å². The van der Waals surface area contributed by atoms with Crippen LogP contribution < -0.4 is 5.32 Å². The molecular weight excluding hydrogens is 294 g/mol. The van der Waals surface area contributed by atoms with Gasteiger partial charge in [-0.15, -0.1) is 0 Å². The van der Waals surface area contributed by atoms with Crippen LogP contribution in [0, 0.1) is 5.92 Å². The second-order valence-corrected chi connectivity index (χ2v) is 7.08. The number of carbonyl (C=O) groups excluding carboxylic acids is 2. The summed E-state index contributed by atoms with van der Waals surface area (Å²) < 4.78 is 0. The Bertz CT molecular complexity index is 417. The van der Waals surface area contributed by atoms with E-state index in [9.17, 15) is 9.59 Å². The SMILES string of the molecule is O=C(CCN1CCCCO1)NCC1CC(=O)N(C2CCCC2)C1. The highest BCUT2D eigenvalue weighted by molar-refractivity contribution is 5.79. The van der Waals surface area contributed by atoms with Crippen molar-refractivity contribution >= 4 is 11.8 Å². The fourth-order valence-corrected chi connectivity index (χ4v) is 3.91. The minimum atomic E-state index is 0.0611. The average Bonchev–Trinajstić information content (AvgIpc) is 3.21. The van der Waals surface area contributed by atoms with Crippen molar-refractivity contribution in [3.63, 3.8) is 0 Å². The van der Waals surface area contributed by atoms with Crippen LogP contribution in [0.2, 0.25) is 0 Å². The highest BCUT2D eigenvalue weighted by Crippen LogP contribution is 2.29. The number of rotatable bonds is 6. The third-order valence-corrected chi connectivity index (χ3v) is 5.26. The van der Waals surface area contributed by atoms with E-state index in [1.807, 2.05) is 5.06 Å². The largest absolute Gasteiger partial charge is 0.356 e. The van der Waals surface area contributed by atoms with Crippen molar-refractivity contribution in [3.8, 4) is 0 Å². The van der Waals surface area contributed by atoms with Gasteiger partial charge in [0.2, 0.25) is 11.8 Å². The van der Waals surface area contributed by atoms with E-state index in [-0.39, 0.29) is 17.7 Å². The number of hydrogen-bond acceptors (Lipinski definition) is 4. The lowest BCUT2D eigenvalue weighted by atomic mass is 10.1. The minimum absolute atomic E-state index is 0.0611. The zero-order valence-electron chi connectivity index (χ0n) is 14.0. The molecule has 1 unspecified atom stereocenters.